The Hall–Kier alpha value is -1.79. The second kappa shape index (κ2) is 6.14. The molecule has 0 saturated carbocycles. The van der Waals surface area contributed by atoms with Gasteiger partial charge in [-0.1, -0.05) is 29.3 Å². The van der Waals surface area contributed by atoms with Crippen LogP contribution >= 0.6 is 23.2 Å². The summed E-state index contributed by atoms with van der Waals surface area (Å²) in [6, 6.07) is 6.22. The lowest BCUT2D eigenvalue weighted by Gasteiger charge is -2.13. The number of carbonyl (C=O) groups is 1. The van der Waals surface area contributed by atoms with Crippen molar-refractivity contribution in [1.82, 2.24) is 4.98 Å². The number of nitrogens with zero attached hydrogens (tertiary/aromatic N) is 1. The number of halogens is 5. The van der Waals surface area contributed by atoms with E-state index in [4.69, 9.17) is 23.2 Å². The lowest BCUT2D eigenvalue weighted by atomic mass is 10.1. The SMILES string of the molecule is Cc1ccc(NC(=O)c2ccc(Cl)nc2Cl)cc1C(F)(F)F. The molecule has 1 aromatic carbocycles. The normalized spacial score (nSPS) is 11.4. The first-order valence-electron chi connectivity index (χ1n) is 5.99. The van der Waals surface area contributed by atoms with Crippen molar-refractivity contribution in [2.24, 2.45) is 0 Å². The van der Waals surface area contributed by atoms with Gasteiger partial charge in [-0.25, -0.2) is 4.98 Å². The monoisotopic (exact) mass is 348 g/mol. The van der Waals surface area contributed by atoms with Crippen LogP contribution in [0.5, 0.6) is 0 Å². The number of anilines is 1. The van der Waals surface area contributed by atoms with Crippen molar-refractivity contribution >= 4 is 34.8 Å². The van der Waals surface area contributed by atoms with Crippen molar-refractivity contribution in [2.75, 3.05) is 5.32 Å². The molecule has 2 aromatic rings. The second-order valence-electron chi connectivity index (χ2n) is 4.45. The molecule has 22 heavy (non-hydrogen) atoms. The highest BCUT2D eigenvalue weighted by Gasteiger charge is 2.32. The zero-order chi connectivity index (χ0) is 16.5. The van der Waals surface area contributed by atoms with E-state index in [2.05, 4.69) is 10.3 Å². The van der Waals surface area contributed by atoms with Gasteiger partial charge in [0.15, 0.2) is 0 Å². The molecule has 1 heterocycles. The topological polar surface area (TPSA) is 42.0 Å². The van der Waals surface area contributed by atoms with Gasteiger partial charge in [0, 0.05) is 5.69 Å². The predicted molar refractivity (Wildman–Crippen MR) is 78.4 cm³/mol. The van der Waals surface area contributed by atoms with Gasteiger partial charge in [0.1, 0.15) is 10.3 Å². The molecular formula is C14H9Cl2F3N2O. The fraction of sp³-hybridized carbons (Fsp3) is 0.143. The Labute approximate surface area is 134 Å². The van der Waals surface area contributed by atoms with Crippen LogP contribution in [0.4, 0.5) is 18.9 Å². The molecule has 0 bridgehead atoms. The van der Waals surface area contributed by atoms with Crippen LogP contribution in [0.15, 0.2) is 30.3 Å². The van der Waals surface area contributed by atoms with Gasteiger partial charge in [-0.05, 0) is 36.8 Å². The van der Waals surface area contributed by atoms with Crippen LogP contribution in [0.1, 0.15) is 21.5 Å². The minimum absolute atomic E-state index is 0.00828. The highest BCUT2D eigenvalue weighted by Crippen LogP contribution is 2.33. The number of benzene rings is 1. The zero-order valence-electron chi connectivity index (χ0n) is 11.1. The van der Waals surface area contributed by atoms with Crippen LogP contribution in [0.25, 0.3) is 0 Å². The third-order valence-electron chi connectivity index (χ3n) is 2.86. The smallest absolute Gasteiger partial charge is 0.322 e. The number of nitrogens with one attached hydrogen (secondary N) is 1. The van der Waals surface area contributed by atoms with E-state index in [9.17, 15) is 18.0 Å². The molecule has 0 saturated heterocycles. The number of alkyl halides is 3. The lowest BCUT2D eigenvalue weighted by molar-refractivity contribution is -0.138. The Balaban J connectivity index is 2.29. The summed E-state index contributed by atoms with van der Waals surface area (Å²) in [6.07, 6.45) is -4.50. The second-order valence-corrected chi connectivity index (χ2v) is 5.20. The fourth-order valence-electron chi connectivity index (χ4n) is 1.79. The van der Waals surface area contributed by atoms with Gasteiger partial charge in [-0.15, -0.1) is 0 Å². The van der Waals surface area contributed by atoms with E-state index in [1.807, 2.05) is 0 Å². The Morgan fingerprint density at radius 2 is 1.86 bits per heavy atom. The van der Waals surface area contributed by atoms with Crippen LogP contribution in [0.2, 0.25) is 10.3 Å². The highest BCUT2D eigenvalue weighted by atomic mass is 35.5. The number of rotatable bonds is 2. The van der Waals surface area contributed by atoms with Gasteiger partial charge in [0.25, 0.3) is 5.91 Å². The van der Waals surface area contributed by atoms with Crippen LogP contribution in [0, 0.1) is 6.92 Å². The Bertz CT molecular complexity index is 733. The number of amides is 1. The summed E-state index contributed by atoms with van der Waals surface area (Å²) in [6.45, 7) is 1.34. The maximum absolute atomic E-state index is 12.8. The van der Waals surface area contributed by atoms with Crippen LogP contribution in [0.3, 0.4) is 0 Å². The minimum atomic E-state index is -4.50. The molecule has 0 aliphatic carbocycles. The van der Waals surface area contributed by atoms with E-state index < -0.39 is 17.6 Å². The van der Waals surface area contributed by atoms with Gasteiger partial charge < -0.3 is 5.32 Å². The Morgan fingerprint density at radius 1 is 1.18 bits per heavy atom. The number of pyridine rings is 1. The third-order valence-corrected chi connectivity index (χ3v) is 3.36. The summed E-state index contributed by atoms with van der Waals surface area (Å²) in [4.78, 5) is 15.7. The van der Waals surface area contributed by atoms with E-state index in [0.717, 1.165) is 6.07 Å². The average molecular weight is 349 g/mol. The summed E-state index contributed by atoms with van der Waals surface area (Å²) in [5.41, 5.74) is -0.725. The van der Waals surface area contributed by atoms with Crippen molar-refractivity contribution in [1.29, 1.82) is 0 Å². The number of hydrogen-bond acceptors (Lipinski definition) is 2. The third kappa shape index (κ3) is 3.69. The van der Waals surface area contributed by atoms with Crippen molar-refractivity contribution in [2.45, 2.75) is 13.1 Å². The predicted octanol–water partition coefficient (Wildman–Crippen LogP) is 4.97. The van der Waals surface area contributed by atoms with E-state index in [0.29, 0.717) is 0 Å². The van der Waals surface area contributed by atoms with Crippen LogP contribution in [-0.4, -0.2) is 10.9 Å². The first kappa shape index (κ1) is 16.6. The molecule has 1 aromatic heterocycles. The van der Waals surface area contributed by atoms with Crippen molar-refractivity contribution < 1.29 is 18.0 Å². The molecule has 0 radical (unpaired) electrons. The lowest BCUT2D eigenvalue weighted by Crippen LogP contribution is -2.14. The number of aromatic nitrogens is 1. The summed E-state index contributed by atoms with van der Waals surface area (Å²) < 4.78 is 38.5. The minimum Gasteiger partial charge on any atom is -0.322 e. The van der Waals surface area contributed by atoms with E-state index in [-0.39, 0.29) is 27.1 Å². The molecule has 1 amide bonds. The molecule has 0 unspecified atom stereocenters. The van der Waals surface area contributed by atoms with E-state index in [1.165, 1.54) is 31.2 Å². The molecule has 0 aliphatic rings. The first-order valence-corrected chi connectivity index (χ1v) is 6.75. The van der Waals surface area contributed by atoms with Gasteiger partial charge >= 0.3 is 6.18 Å². The highest BCUT2D eigenvalue weighted by molar-refractivity contribution is 6.35. The molecule has 0 fully saturated rings. The average Bonchev–Trinajstić information content (AvgIpc) is 2.39. The maximum Gasteiger partial charge on any atom is 0.416 e. The van der Waals surface area contributed by atoms with Gasteiger partial charge in [-0.3, -0.25) is 4.79 Å². The number of aryl methyl sites for hydroxylation is 1. The largest absolute Gasteiger partial charge is 0.416 e. The molecule has 116 valence electrons. The standard InChI is InChI=1S/C14H9Cl2F3N2O/c1-7-2-3-8(6-10(7)14(17,18)19)20-13(22)9-4-5-11(15)21-12(9)16/h2-6H,1H3,(H,20,22). The number of carbonyl (C=O) groups excluding carboxylic acids is 1. The Morgan fingerprint density at radius 3 is 2.45 bits per heavy atom. The van der Waals surface area contributed by atoms with Gasteiger partial charge in [0.2, 0.25) is 0 Å². The molecule has 0 spiro atoms. The molecule has 1 N–H and O–H groups in total. The van der Waals surface area contributed by atoms with Crippen LogP contribution in [-0.2, 0) is 6.18 Å². The summed E-state index contributed by atoms with van der Waals surface area (Å²) in [5.74, 6) is -0.675. The molecule has 2 rings (SSSR count). The molecular weight excluding hydrogens is 340 g/mol. The van der Waals surface area contributed by atoms with E-state index >= 15 is 0 Å². The van der Waals surface area contributed by atoms with Gasteiger partial charge in [0.05, 0.1) is 11.1 Å². The maximum atomic E-state index is 12.8. The van der Waals surface area contributed by atoms with Crippen molar-refractivity contribution in [3.05, 3.63) is 57.3 Å². The fourth-order valence-corrected chi connectivity index (χ4v) is 2.22. The molecule has 0 atom stereocenters. The quantitative estimate of drug-likeness (QED) is 0.778. The van der Waals surface area contributed by atoms with E-state index in [1.54, 1.807) is 0 Å². The van der Waals surface area contributed by atoms with Gasteiger partial charge in [-0.2, -0.15) is 13.2 Å². The zero-order valence-corrected chi connectivity index (χ0v) is 12.6. The summed E-state index contributed by atoms with van der Waals surface area (Å²) >= 11 is 11.4. The van der Waals surface area contributed by atoms with Crippen molar-refractivity contribution in [3.63, 3.8) is 0 Å². The number of hydrogen-bond donors (Lipinski definition) is 1. The molecule has 0 aliphatic heterocycles. The summed E-state index contributed by atoms with van der Waals surface area (Å²) in [7, 11) is 0. The first-order chi connectivity index (χ1) is 10.2. The van der Waals surface area contributed by atoms with Crippen LogP contribution < -0.4 is 5.32 Å². The summed E-state index contributed by atoms with van der Waals surface area (Å²) in [5, 5.41) is 2.33. The molecule has 8 heteroatoms. The van der Waals surface area contributed by atoms with Crippen molar-refractivity contribution in [3.8, 4) is 0 Å². The Kier molecular flexibility index (Phi) is 4.63. The molecule has 3 nitrogen and oxygen atoms in total.